The SMILES string of the molecule is Cc1[nH]c2ccccc2c1C(c1ccccc1)C(C#N)C#N. The van der Waals surface area contributed by atoms with Gasteiger partial charge < -0.3 is 4.98 Å². The van der Waals surface area contributed by atoms with Crippen molar-refractivity contribution in [3.8, 4) is 12.1 Å². The topological polar surface area (TPSA) is 63.4 Å². The summed E-state index contributed by atoms with van der Waals surface area (Å²) >= 11 is 0. The first-order chi connectivity index (χ1) is 10.8. The van der Waals surface area contributed by atoms with Crippen molar-refractivity contribution in [2.45, 2.75) is 12.8 Å². The number of nitrogens with zero attached hydrogens (tertiary/aromatic N) is 2. The van der Waals surface area contributed by atoms with Crippen LogP contribution in [0.5, 0.6) is 0 Å². The fourth-order valence-electron chi connectivity index (χ4n) is 3.06. The van der Waals surface area contributed by atoms with Crippen LogP contribution in [0.2, 0.25) is 0 Å². The molecule has 0 aliphatic carbocycles. The molecule has 3 aromatic rings. The molecule has 0 spiro atoms. The maximum Gasteiger partial charge on any atom is 0.144 e. The summed E-state index contributed by atoms with van der Waals surface area (Å²) in [5, 5.41) is 19.9. The van der Waals surface area contributed by atoms with E-state index in [1.54, 1.807) is 0 Å². The lowest BCUT2D eigenvalue weighted by Gasteiger charge is -2.19. The van der Waals surface area contributed by atoms with Crippen molar-refractivity contribution < 1.29 is 0 Å². The smallest absolute Gasteiger partial charge is 0.144 e. The normalized spacial score (nSPS) is 12.0. The monoisotopic (exact) mass is 285 g/mol. The van der Waals surface area contributed by atoms with Gasteiger partial charge in [-0.1, -0.05) is 48.5 Å². The van der Waals surface area contributed by atoms with Crippen molar-refractivity contribution >= 4 is 10.9 Å². The van der Waals surface area contributed by atoms with Crippen LogP contribution in [0, 0.1) is 35.5 Å². The molecule has 22 heavy (non-hydrogen) atoms. The van der Waals surface area contributed by atoms with E-state index in [0.717, 1.165) is 27.7 Å². The number of hydrogen-bond donors (Lipinski definition) is 1. The Morgan fingerprint density at radius 3 is 2.23 bits per heavy atom. The standard InChI is InChI=1S/C19H15N3/c1-13-18(16-9-5-6-10-17(16)22-13)19(15(11-20)12-21)14-7-3-2-4-8-14/h2-10,15,19,22H,1H3. The average molecular weight is 285 g/mol. The molecule has 0 aliphatic rings. The molecule has 0 radical (unpaired) electrons. The molecule has 0 saturated heterocycles. The Labute approximate surface area is 129 Å². The molecule has 3 heteroatoms. The van der Waals surface area contributed by atoms with Gasteiger partial charge >= 0.3 is 0 Å². The first kappa shape index (κ1) is 13.9. The Balaban J connectivity index is 2.28. The number of aromatic nitrogens is 1. The van der Waals surface area contributed by atoms with E-state index in [4.69, 9.17) is 0 Å². The van der Waals surface area contributed by atoms with Crippen molar-refractivity contribution in [1.82, 2.24) is 4.98 Å². The Morgan fingerprint density at radius 1 is 0.909 bits per heavy atom. The minimum atomic E-state index is -0.722. The van der Waals surface area contributed by atoms with E-state index in [1.807, 2.05) is 61.5 Å². The highest BCUT2D eigenvalue weighted by Gasteiger charge is 2.28. The van der Waals surface area contributed by atoms with Crippen molar-refractivity contribution in [1.29, 1.82) is 10.5 Å². The third kappa shape index (κ3) is 2.24. The number of hydrogen-bond acceptors (Lipinski definition) is 2. The number of rotatable bonds is 3. The van der Waals surface area contributed by atoms with Crippen LogP contribution in [-0.4, -0.2) is 4.98 Å². The fraction of sp³-hybridized carbons (Fsp3) is 0.158. The Kier molecular flexibility index (Phi) is 3.64. The second-order valence-corrected chi connectivity index (χ2v) is 5.33. The van der Waals surface area contributed by atoms with Crippen molar-refractivity contribution in [2.75, 3.05) is 0 Å². The summed E-state index contributed by atoms with van der Waals surface area (Å²) in [7, 11) is 0. The van der Waals surface area contributed by atoms with Crippen molar-refractivity contribution in [2.24, 2.45) is 5.92 Å². The molecule has 0 saturated carbocycles. The van der Waals surface area contributed by atoms with Crippen LogP contribution in [0.3, 0.4) is 0 Å². The summed E-state index contributed by atoms with van der Waals surface area (Å²) in [4.78, 5) is 3.36. The lowest BCUT2D eigenvalue weighted by Crippen LogP contribution is -2.12. The van der Waals surface area contributed by atoms with Crippen molar-refractivity contribution in [3.63, 3.8) is 0 Å². The van der Waals surface area contributed by atoms with Gasteiger partial charge in [0.2, 0.25) is 0 Å². The number of benzene rings is 2. The molecule has 2 aromatic carbocycles. The van der Waals surface area contributed by atoms with Crippen LogP contribution >= 0.6 is 0 Å². The zero-order chi connectivity index (χ0) is 15.5. The molecule has 0 aliphatic heterocycles. The van der Waals surface area contributed by atoms with Gasteiger partial charge in [-0.05, 0) is 24.1 Å². The lowest BCUT2D eigenvalue weighted by atomic mass is 9.81. The van der Waals surface area contributed by atoms with Crippen LogP contribution < -0.4 is 0 Å². The van der Waals surface area contributed by atoms with Crippen molar-refractivity contribution in [3.05, 3.63) is 71.4 Å². The maximum absolute atomic E-state index is 9.44. The zero-order valence-corrected chi connectivity index (χ0v) is 12.2. The van der Waals surface area contributed by atoms with E-state index >= 15 is 0 Å². The number of aryl methyl sites for hydroxylation is 1. The summed E-state index contributed by atoms with van der Waals surface area (Å²) < 4.78 is 0. The van der Waals surface area contributed by atoms with Gasteiger partial charge in [-0.25, -0.2) is 0 Å². The van der Waals surface area contributed by atoms with Gasteiger partial charge in [0.05, 0.1) is 12.1 Å². The van der Waals surface area contributed by atoms with Crippen LogP contribution in [0.4, 0.5) is 0 Å². The quantitative estimate of drug-likeness (QED) is 0.781. The van der Waals surface area contributed by atoms with E-state index in [-0.39, 0.29) is 5.92 Å². The largest absolute Gasteiger partial charge is 0.358 e. The molecule has 3 rings (SSSR count). The van der Waals surface area contributed by atoms with Crippen LogP contribution in [0.1, 0.15) is 22.7 Å². The molecule has 1 atom stereocenters. The molecular weight excluding hydrogens is 270 g/mol. The molecule has 0 amide bonds. The highest BCUT2D eigenvalue weighted by Crippen LogP contribution is 2.38. The van der Waals surface area contributed by atoms with E-state index in [2.05, 4.69) is 17.1 Å². The molecule has 1 aromatic heterocycles. The summed E-state index contributed by atoms with van der Waals surface area (Å²) in [6, 6.07) is 22.1. The van der Waals surface area contributed by atoms with Gasteiger partial charge in [-0.15, -0.1) is 0 Å². The number of nitriles is 2. The van der Waals surface area contributed by atoms with Crippen LogP contribution in [0.25, 0.3) is 10.9 Å². The molecule has 106 valence electrons. The second-order valence-electron chi connectivity index (χ2n) is 5.33. The molecule has 3 nitrogen and oxygen atoms in total. The number of fused-ring (bicyclic) bond motifs is 1. The zero-order valence-electron chi connectivity index (χ0n) is 12.2. The lowest BCUT2D eigenvalue weighted by molar-refractivity contribution is 0.709. The third-order valence-electron chi connectivity index (χ3n) is 4.02. The predicted molar refractivity (Wildman–Crippen MR) is 86.0 cm³/mol. The van der Waals surface area contributed by atoms with E-state index < -0.39 is 5.92 Å². The molecule has 1 heterocycles. The molecule has 0 fully saturated rings. The summed E-state index contributed by atoms with van der Waals surface area (Å²) in [6.07, 6.45) is 0. The van der Waals surface area contributed by atoms with Gasteiger partial charge in [-0.2, -0.15) is 10.5 Å². The third-order valence-corrected chi connectivity index (χ3v) is 4.02. The van der Waals surface area contributed by atoms with Gasteiger partial charge in [0.15, 0.2) is 0 Å². The predicted octanol–water partition coefficient (Wildman–Crippen LogP) is 4.27. The Bertz CT molecular complexity index is 864. The summed E-state index contributed by atoms with van der Waals surface area (Å²) in [6.45, 7) is 2.00. The average Bonchev–Trinajstić information content (AvgIpc) is 2.89. The molecular formula is C19H15N3. The number of aromatic amines is 1. The van der Waals surface area contributed by atoms with Gasteiger partial charge in [0.25, 0.3) is 0 Å². The Hall–Kier alpha value is -3.04. The molecule has 1 unspecified atom stereocenters. The van der Waals surface area contributed by atoms with Crippen LogP contribution in [-0.2, 0) is 0 Å². The van der Waals surface area contributed by atoms with Gasteiger partial charge in [-0.3, -0.25) is 0 Å². The number of H-pyrrole nitrogens is 1. The molecule has 1 N–H and O–H groups in total. The fourth-order valence-corrected chi connectivity index (χ4v) is 3.06. The summed E-state index contributed by atoms with van der Waals surface area (Å²) in [5.41, 5.74) is 4.06. The number of nitrogens with one attached hydrogen (secondary N) is 1. The highest BCUT2D eigenvalue weighted by molar-refractivity contribution is 5.85. The minimum Gasteiger partial charge on any atom is -0.358 e. The molecule has 0 bridgehead atoms. The van der Waals surface area contributed by atoms with Crippen LogP contribution in [0.15, 0.2) is 54.6 Å². The van der Waals surface area contributed by atoms with E-state index in [9.17, 15) is 10.5 Å². The van der Waals surface area contributed by atoms with Gasteiger partial charge in [0.1, 0.15) is 5.92 Å². The van der Waals surface area contributed by atoms with E-state index in [1.165, 1.54) is 0 Å². The van der Waals surface area contributed by atoms with Gasteiger partial charge in [0, 0.05) is 22.5 Å². The Morgan fingerprint density at radius 2 is 1.55 bits per heavy atom. The minimum absolute atomic E-state index is 0.257. The second kappa shape index (κ2) is 5.76. The highest BCUT2D eigenvalue weighted by atomic mass is 14.7. The first-order valence-electron chi connectivity index (χ1n) is 7.17. The number of para-hydroxylation sites is 1. The van der Waals surface area contributed by atoms with E-state index in [0.29, 0.717) is 0 Å². The first-order valence-corrected chi connectivity index (χ1v) is 7.17. The summed E-state index contributed by atoms with van der Waals surface area (Å²) in [5.74, 6) is -0.979. The maximum atomic E-state index is 9.44.